The number of carboxylic acids is 3. The largest absolute Gasteiger partial charge is 0.480 e. The minimum atomic E-state index is -4.64. The molecule has 0 aliphatic rings. The molecule has 14 nitrogen and oxygen atoms in total. The van der Waals surface area contributed by atoms with Crippen LogP contribution in [-0.2, 0) is 28.5 Å². The molecular weight excluding hydrogens is 383 g/mol. The quantitative estimate of drug-likeness (QED) is 0.150. The van der Waals surface area contributed by atoms with Crippen LogP contribution in [0.3, 0.4) is 0 Å². The molecule has 152 valence electrons. The van der Waals surface area contributed by atoms with Gasteiger partial charge in [0, 0.05) is 13.1 Å². The minimum absolute atomic E-state index is 0.0110. The molecule has 6 N–H and O–H groups in total. The van der Waals surface area contributed by atoms with Gasteiger partial charge < -0.3 is 34.7 Å². The molecule has 0 amide bonds. The van der Waals surface area contributed by atoms with E-state index in [9.17, 15) is 19.2 Å². The van der Waals surface area contributed by atoms with Gasteiger partial charge in [-0.15, -0.1) is 0 Å². The van der Waals surface area contributed by atoms with E-state index in [4.69, 9.17) is 34.6 Å². The average molecular weight is 404 g/mol. The molecule has 0 saturated heterocycles. The third-order valence-corrected chi connectivity index (χ3v) is 2.39. The minimum Gasteiger partial charge on any atom is -0.480 e. The van der Waals surface area contributed by atoms with E-state index >= 15 is 0 Å². The number of aliphatic carboxylic acids is 3. The molecule has 0 spiro atoms. The van der Waals surface area contributed by atoms with Crippen LogP contribution >= 0.6 is 7.82 Å². The number of carbonyl (C=O) groups excluding carboxylic acids is 1. The van der Waals surface area contributed by atoms with Crippen molar-refractivity contribution in [2.45, 2.75) is 0 Å². The van der Waals surface area contributed by atoms with Crippen LogP contribution in [-0.4, -0.2) is 110 Å². The Labute approximate surface area is 147 Å². The van der Waals surface area contributed by atoms with Gasteiger partial charge in [-0.1, -0.05) is 0 Å². The first kappa shape index (κ1) is 26.1. The summed E-state index contributed by atoms with van der Waals surface area (Å²) in [6, 6.07) is 0. The van der Waals surface area contributed by atoms with Crippen molar-refractivity contribution in [3.8, 4) is 0 Å². The molecule has 15 heteroatoms. The maximum atomic E-state index is 11.1. The zero-order valence-corrected chi connectivity index (χ0v) is 14.6. The second-order valence-corrected chi connectivity index (χ2v) is 5.72. The third kappa shape index (κ3) is 21.9. The lowest BCUT2D eigenvalue weighted by Crippen LogP contribution is -2.43. The molecule has 0 fully saturated rings. The van der Waals surface area contributed by atoms with Crippen LogP contribution in [0.2, 0.25) is 0 Å². The Bertz CT molecular complexity index is 509. The maximum Gasteiger partial charge on any atom is 0.466 e. The lowest BCUT2D eigenvalue weighted by molar-refractivity contribution is -0.146. The summed E-state index contributed by atoms with van der Waals surface area (Å²) in [4.78, 5) is 67.0. The van der Waals surface area contributed by atoms with E-state index in [1.165, 1.54) is 4.90 Å². The van der Waals surface area contributed by atoms with E-state index in [2.05, 4.69) is 4.74 Å². The first-order valence-corrected chi connectivity index (χ1v) is 8.26. The number of carbonyl (C=O) groups is 4. The van der Waals surface area contributed by atoms with Crippen molar-refractivity contribution in [2.75, 3.05) is 46.4 Å². The molecular formula is C11H21N2O12P. The van der Waals surface area contributed by atoms with Crippen molar-refractivity contribution in [1.29, 1.82) is 0 Å². The topological polar surface area (TPSA) is 222 Å². The van der Waals surface area contributed by atoms with Crippen LogP contribution in [0.15, 0.2) is 0 Å². The fourth-order valence-electron chi connectivity index (χ4n) is 1.53. The van der Waals surface area contributed by atoms with Crippen LogP contribution in [0.1, 0.15) is 0 Å². The van der Waals surface area contributed by atoms with Crippen molar-refractivity contribution in [3.05, 3.63) is 0 Å². The highest BCUT2D eigenvalue weighted by atomic mass is 31.2. The summed E-state index contributed by atoms with van der Waals surface area (Å²) in [6.07, 6.45) is 0. The Hall–Kier alpha value is -2.09. The van der Waals surface area contributed by atoms with E-state index in [1.807, 2.05) is 0 Å². The van der Waals surface area contributed by atoms with Gasteiger partial charge in [-0.25, -0.2) is 4.57 Å². The van der Waals surface area contributed by atoms with Crippen LogP contribution in [0.4, 0.5) is 0 Å². The Morgan fingerprint density at radius 3 is 1.27 bits per heavy atom. The molecule has 0 aromatic rings. The standard InChI is InChI=1S/C11H18N2O8.H3O4P/c1-21-11(20)7-13(6-10(18)19)3-2-12(4-8(14)15)5-9(16)17;1-5(2,3)4/h2-7H2,1H3,(H,14,15)(H,16,17)(H,18,19);(H3,1,2,3,4). The zero-order valence-electron chi connectivity index (χ0n) is 13.7. The zero-order chi connectivity index (χ0) is 20.9. The number of rotatable bonds is 11. The summed E-state index contributed by atoms with van der Waals surface area (Å²) in [5, 5.41) is 26.1. The smallest absolute Gasteiger partial charge is 0.466 e. The molecule has 26 heavy (non-hydrogen) atoms. The maximum absolute atomic E-state index is 11.1. The molecule has 0 aromatic heterocycles. The van der Waals surface area contributed by atoms with Crippen LogP contribution in [0, 0.1) is 0 Å². The second kappa shape index (κ2) is 13.2. The molecule has 0 aromatic carbocycles. The predicted molar refractivity (Wildman–Crippen MR) is 82.1 cm³/mol. The summed E-state index contributed by atoms with van der Waals surface area (Å²) in [5.41, 5.74) is 0. The molecule has 0 saturated carbocycles. The molecule has 0 bridgehead atoms. The average Bonchev–Trinajstić information content (AvgIpc) is 2.40. The van der Waals surface area contributed by atoms with E-state index in [0.29, 0.717) is 0 Å². The van der Waals surface area contributed by atoms with Crippen LogP contribution < -0.4 is 0 Å². The van der Waals surface area contributed by atoms with Crippen molar-refractivity contribution < 1.29 is 58.5 Å². The Balaban J connectivity index is 0. The van der Waals surface area contributed by atoms with Gasteiger partial charge in [0.1, 0.15) is 0 Å². The number of carboxylic acid groups (broad SMARTS) is 3. The highest BCUT2D eigenvalue weighted by molar-refractivity contribution is 7.45. The fraction of sp³-hybridized carbons (Fsp3) is 0.636. The number of hydrogen-bond donors (Lipinski definition) is 6. The lowest BCUT2D eigenvalue weighted by Gasteiger charge is -2.23. The number of ether oxygens (including phenoxy) is 1. The summed E-state index contributed by atoms with van der Waals surface area (Å²) < 4.78 is 13.3. The number of phosphoric acid groups is 1. The molecule has 0 unspecified atom stereocenters. The predicted octanol–water partition coefficient (Wildman–Crippen LogP) is -2.91. The summed E-state index contributed by atoms with van der Waals surface area (Å²) in [5.74, 6) is -4.20. The van der Waals surface area contributed by atoms with Gasteiger partial charge >= 0.3 is 31.7 Å². The molecule has 0 atom stereocenters. The first-order valence-electron chi connectivity index (χ1n) is 6.69. The number of hydrogen-bond acceptors (Lipinski definition) is 8. The molecule has 0 radical (unpaired) electrons. The van der Waals surface area contributed by atoms with Gasteiger partial charge in [-0.3, -0.25) is 29.0 Å². The normalized spacial score (nSPS) is 10.8. The Morgan fingerprint density at radius 1 is 0.769 bits per heavy atom. The van der Waals surface area contributed by atoms with Gasteiger partial charge in [0.15, 0.2) is 0 Å². The summed E-state index contributed by atoms with van der Waals surface area (Å²) in [7, 11) is -3.48. The summed E-state index contributed by atoms with van der Waals surface area (Å²) in [6.45, 7) is -1.71. The highest BCUT2D eigenvalue weighted by Crippen LogP contribution is 2.25. The highest BCUT2D eigenvalue weighted by Gasteiger charge is 2.18. The molecule has 0 heterocycles. The van der Waals surface area contributed by atoms with Crippen LogP contribution in [0.5, 0.6) is 0 Å². The third-order valence-electron chi connectivity index (χ3n) is 2.39. The first-order chi connectivity index (χ1) is 11.7. The lowest BCUT2D eigenvalue weighted by atomic mass is 10.4. The van der Waals surface area contributed by atoms with Crippen molar-refractivity contribution in [1.82, 2.24) is 9.80 Å². The van der Waals surface area contributed by atoms with E-state index < -0.39 is 51.3 Å². The van der Waals surface area contributed by atoms with E-state index in [-0.39, 0.29) is 19.6 Å². The van der Waals surface area contributed by atoms with Crippen molar-refractivity contribution in [3.63, 3.8) is 0 Å². The van der Waals surface area contributed by atoms with Gasteiger partial charge in [0.2, 0.25) is 0 Å². The fourth-order valence-corrected chi connectivity index (χ4v) is 1.53. The number of esters is 1. The number of methoxy groups -OCH3 is 1. The van der Waals surface area contributed by atoms with Gasteiger partial charge in [-0.05, 0) is 0 Å². The van der Waals surface area contributed by atoms with Crippen LogP contribution in [0.25, 0.3) is 0 Å². The van der Waals surface area contributed by atoms with Crippen molar-refractivity contribution >= 4 is 31.7 Å². The Kier molecular flexibility index (Phi) is 13.2. The Morgan fingerprint density at radius 2 is 1.04 bits per heavy atom. The van der Waals surface area contributed by atoms with Crippen molar-refractivity contribution in [2.24, 2.45) is 0 Å². The van der Waals surface area contributed by atoms with Gasteiger partial charge in [0.25, 0.3) is 0 Å². The SMILES string of the molecule is COC(=O)CN(CCN(CC(=O)O)CC(=O)O)CC(=O)O.O=P(O)(O)O. The number of nitrogens with zero attached hydrogens (tertiary/aromatic N) is 2. The van der Waals surface area contributed by atoms with E-state index in [0.717, 1.165) is 12.0 Å². The van der Waals surface area contributed by atoms with Gasteiger partial charge in [0.05, 0.1) is 33.3 Å². The monoisotopic (exact) mass is 404 g/mol. The molecule has 0 aliphatic carbocycles. The second-order valence-electron chi connectivity index (χ2n) is 4.69. The molecule has 0 rings (SSSR count). The molecule has 0 aliphatic heterocycles. The van der Waals surface area contributed by atoms with Gasteiger partial charge in [-0.2, -0.15) is 0 Å². The summed E-state index contributed by atoms with van der Waals surface area (Å²) >= 11 is 0. The van der Waals surface area contributed by atoms with E-state index in [1.54, 1.807) is 0 Å².